The number of rotatable bonds is 4. The average Bonchev–Trinajstić information content (AvgIpc) is 2.79. The molecule has 0 atom stereocenters. The quantitative estimate of drug-likeness (QED) is 0.810. The van der Waals surface area contributed by atoms with E-state index < -0.39 is 0 Å². The molecule has 0 saturated carbocycles. The van der Waals surface area contributed by atoms with Crippen LogP contribution in [0.5, 0.6) is 0 Å². The first-order valence-corrected chi connectivity index (χ1v) is 6.18. The van der Waals surface area contributed by atoms with Crippen LogP contribution in [0.15, 0.2) is 29.9 Å². The van der Waals surface area contributed by atoms with Crippen LogP contribution in [0.1, 0.15) is 12.6 Å². The predicted molar refractivity (Wildman–Crippen MR) is 72.9 cm³/mol. The van der Waals surface area contributed by atoms with Crippen LogP contribution >= 0.6 is 23.7 Å². The molecule has 0 aromatic carbocycles. The molecule has 0 bridgehead atoms. The summed E-state index contributed by atoms with van der Waals surface area (Å²) in [5, 5.41) is 2.78. The first-order chi connectivity index (χ1) is 8.29. The van der Waals surface area contributed by atoms with E-state index in [2.05, 4.69) is 9.97 Å². The number of pyridine rings is 1. The summed E-state index contributed by atoms with van der Waals surface area (Å²) < 4.78 is 4.88. The zero-order valence-corrected chi connectivity index (χ0v) is 11.5. The summed E-state index contributed by atoms with van der Waals surface area (Å²) in [5.74, 6) is -0.237. The van der Waals surface area contributed by atoms with Crippen LogP contribution < -0.4 is 0 Å². The summed E-state index contributed by atoms with van der Waals surface area (Å²) in [5.41, 5.74) is 1.76. The molecule has 4 nitrogen and oxygen atoms in total. The van der Waals surface area contributed by atoms with Gasteiger partial charge >= 0.3 is 5.97 Å². The molecule has 0 spiro atoms. The Morgan fingerprint density at radius 2 is 2.11 bits per heavy atom. The molecule has 2 aromatic heterocycles. The Morgan fingerprint density at radius 1 is 1.39 bits per heavy atom. The van der Waals surface area contributed by atoms with Crippen molar-refractivity contribution in [3.05, 3.63) is 35.6 Å². The van der Waals surface area contributed by atoms with E-state index in [1.807, 2.05) is 17.5 Å². The molecule has 2 rings (SSSR count). The van der Waals surface area contributed by atoms with Crippen molar-refractivity contribution in [3.63, 3.8) is 0 Å². The number of hydrogen-bond acceptors (Lipinski definition) is 5. The molecule has 0 N–H and O–H groups in total. The van der Waals surface area contributed by atoms with Crippen LogP contribution in [0.25, 0.3) is 10.6 Å². The van der Waals surface area contributed by atoms with Crippen molar-refractivity contribution in [2.45, 2.75) is 13.3 Å². The summed E-state index contributed by atoms with van der Waals surface area (Å²) in [4.78, 5) is 19.6. The van der Waals surface area contributed by atoms with Crippen LogP contribution in [-0.4, -0.2) is 22.5 Å². The number of halogens is 1. The van der Waals surface area contributed by atoms with E-state index in [0.717, 1.165) is 16.3 Å². The maximum absolute atomic E-state index is 11.3. The van der Waals surface area contributed by atoms with Gasteiger partial charge in [-0.25, -0.2) is 4.98 Å². The van der Waals surface area contributed by atoms with E-state index in [0.29, 0.717) is 6.61 Å². The van der Waals surface area contributed by atoms with Gasteiger partial charge in [0.05, 0.1) is 18.7 Å². The summed E-state index contributed by atoms with van der Waals surface area (Å²) in [7, 11) is 0. The summed E-state index contributed by atoms with van der Waals surface area (Å²) in [6.45, 7) is 2.20. The zero-order chi connectivity index (χ0) is 12.1. The van der Waals surface area contributed by atoms with Crippen molar-refractivity contribution in [1.29, 1.82) is 0 Å². The van der Waals surface area contributed by atoms with Crippen molar-refractivity contribution < 1.29 is 9.53 Å². The summed E-state index contributed by atoms with van der Waals surface area (Å²) in [6, 6.07) is 3.79. The number of carbonyl (C=O) groups excluding carboxylic acids is 1. The minimum Gasteiger partial charge on any atom is -0.466 e. The van der Waals surface area contributed by atoms with Gasteiger partial charge in [-0.1, -0.05) is 0 Å². The zero-order valence-electron chi connectivity index (χ0n) is 9.83. The van der Waals surface area contributed by atoms with E-state index in [4.69, 9.17) is 4.74 Å². The van der Waals surface area contributed by atoms with Gasteiger partial charge in [-0.05, 0) is 19.1 Å². The standard InChI is InChI=1S/C12H12N2O2S.ClH/c1-2-16-11(15)7-10-8-17-12(14-10)9-3-5-13-6-4-9;/h3-6,8H,2,7H2,1H3;1H. The molecule has 0 unspecified atom stereocenters. The Morgan fingerprint density at radius 3 is 2.78 bits per heavy atom. The van der Waals surface area contributed by atoms with Crippen LogP contribution in [0.3, 0.4) is 0 Å². The fraction of sp³-hybridized carbons (Fsp3) is 0.250. The number of aromatic nitrogens is 2. The third-order valence-corrected chi connectivity index (χ3v) is 3.05. The monoisotopic (exact) mass is 284 g/mol. The smallest absolute Gasteiger partial charge is 0.311 e. The highest BCUT2D eigenvalue weighted by Crippen LogP contribution is 2.23. The minimum absolute atomic E-state index is 0. The lowest BCUT2D eigenvalue weighted by atomic mass is 10.3. The molecule has 0 fully saturated rings. The third kappa shape index (κ3) is 3.78. The Labute approximate surface area is 115 Å². The van der Waals surface area contributed by atoms with Crippen LogP contribution in [0, 0.1) is 0 Å². The molecule has 2 heterocycles. The number of hydrogen-bond donors (Lipinski definition) is 0. The molecule has 0 amide bonds. The molecule has 0 saturated heterocycles. The Hall–Kier alpha value is -1.46. The molecule has 2 aromatic rings. The van der Waals surface area contributed by atoms with Crippen molar-refractivity contribution in [2.75, 3.05) is 6.61 Å². The van der Waals surface area contributed by atoms with E-state index in [1.165, 1.54) is 11.3 Å². The van der Waals surface area contributed by atoms with Crippen molar-refractivity contribution in [2.24, 2.45) is 0 Å². The van der Waals surface area contributed by atoms with Crippen molar-refractivity contribution in [1.82, 2.24) is 9.97 Å². The minimum atomic E-state index is -0.237. The molecule has 0 radical (unpaired) electrons. The number of carbonyl (C=O) groups is 1. The van der Waals surface area contributed by atoms with E-state index in [1.54, 1.807) is 19.3 Å². The van der Waals surface area contributed by atoms with Gasteiger partial charge in [-0.15, -0.1) is 23.7 Å². The molecule has 96 valence electrons. The van der Waals surface area contributed by atoms with Gasteiger partial charge in [0.1, 0.15) is 5.01 Å². The normalized spacial score (nSPS) is 9.61. The van der Waals surface area contributed by atoms with Crippen molar-refractivity contribution in [3.8, 4) is 10.6 Å². The van der Waals surface area contributed by atoms with E-state index >= 15 is 0 Å². The highest BCUT2D eigenvalue weighted by Gasteiger charge is 2.09. The first-order valence-electron chi connectivity index (χ1n) is 5.30. The van der Waals surface area contributed by atoms with E-state index in [-0.39, 0.29) is 24.8 Å². The lowest BCUT2D eigenvalue weighted by Crippen LogP contribution is -2.07. The van der Waals surface area contributed by atoms with Crippen molar-refractivity contribution >= 4 is 29.7 Å². The molecule has 6 heteroatoms. The summed E-state index contributed by atoms with van der Waals surface area (Å²) in [6.07, 6.45) is 3.68. The second-order valence-electron chi connectivity index (χ2n) is 3.36. The fourth-order valence-corrected chi connectivity index (χ4v) is 2.20. The van der Waals surface area contributed by atoms with Crippen LogP contribution in [0.4, 0.5) is 0 Å². The van der Waals surface area contributed by atoms with Gasteiger partial charge in [-0.2, -0.15) is 0 Å². The number of ether oxygens (including phenoxy) is 1. The van der Waals surface area contributed by atoms with Crippen LogP contribution in [0.2, 0.25) is 0 Å². The first kappa shape index (κ1) is 14.6. The molecule has 0 aliphatic carbocycles. The Bertz CT molecular complexity index is 502. The number of thiazole rings is 1. The van der Waals surface area contributed by atoms with Gasteiger partial charge < -0.3 is 4.74 Å². The van der Waals surface area contributed by atoms with Crippen LogP contribution in [-0.2, 0) is 16.0 Å². The second-order valence-corrected chi connectivity index (χ2v) is 4.22. The summed E-state index contributed by atoms with van der Waals surface area (Å²) >= 11 is 1.52. The Balaban J connectivity index is 0.00000162. The molecular formula is C12H13ClN2O2S. The van der Waals surface area contributed by atoms with Gasteiger partial charge in [0.2, 0.25) is 0 Å². The average molecular weight is 285 g/mol. The predicted octanol–water partition coefficient (Wildman–Crippen LogP) is 2.73. The lowest BCUT2D eigenvalue weighted by molar-refractivity contribution is -0.142. The number of esters is 1. The van der Waals surface area contributed by atoms with Gasteiger partial charge in [0, 0.05) is 23.3 Å². The van der Waals surface area contributed by atoms with E-state index in [9.17, 15) is 4.79 Å². The SMILES string of the molecule is CCOC(=O)Cc1csc(-c2ccncc2)n1.Cl. The second kappa shape index (κ2) is 7.08. The number of nitrogens with zero attached hydrogens (tertiary/aromatic N) is 2. The third-order valence-electron chi connectivity index (χ3n) is 2.11. The topological polar surface area (TPSA) is 52.1 Å². The molecule has 0 aliphatic heterocycles. The lowest BCUT2D eigenvalue weighted by Gasteiger charge is -1.98. The van der Waals surface area contributed by atoms with Gasteiger partial charge in [0.25, 0.3) is 0 Å². The van der Waals surface area contributed by atoms with Gasteiger partial charge in [-0.3, -0.25) is 9.78 Å². The Kier molecular flexibility index (Phi) is 5.74. The van der Waals surface area contributed by atoms with Gasteiger partial charge in [0.15, 0.2) is 0 Å². The highest BCUT2D eigenvalue weighted by molar-refractivity contribution is 7.13. The fourth-order valence-electron chi connectivity index (χ4n) is 1.38. The maximum atomic E-state index is 11.3. The highest BCUT2D eigenvalue weighted by atomic mass is 35.5. The molecular weight excluding hydrogens is 272 g/mol. The largest absolute Gasteiger partial charge is 0.466 e. The molecule has 0 aliphatic rings. The maximum Gasteiger partial charge on any atom is 0.311 e. The molecule has 18 heavy (non-hydrogen) atoms.